The maximum atomic E-state index is 13.9. The summed E-state index contributed by atoms with van der Waals surface area (Å²) in [5, 5.41) is 0. The van der Waals surface area contributed by atoms with E-state index in [4.69, 9.17) is 9.47 Å². The maximum Gasteiger partial charge on any atom is 0.338 e. The zero-order valence-corrected chi connectivity index (χ0v) is 27.6. The van der Waals surface area contributed by atoms with Crippen molar-refractivity contribution in [1.82, 2.24) is 4.57 Å². The van der Waals surface area contributed by atoms with E-state index in [0.717, 1.165) is 36.0 Å². The highest BCUT2D eigenvalue weighted by Crippen LogP contribution is 2.33. The molecule has 5 rings (SSSR count). The molecule has 1 aliphatic heterocycles. The third kappa shape index (κ3) is 6.27. The number of allylic oxidation sites excluding steroid dienone is 1. The first-order valence-electron chi connectivity index (χ1n) is 13.1. The van der Waals surface area contributed by atoms with Crippen LogP contribution >= 0.6 is 49.9 Å². The lowest BCUT2D eigenvalue weighted by molar-refractivity contribution is -0.139. The fourth-order valence-electron chi connectivity index (χ4n) is 4.65. The number of benzene rings is 3. The molecule has 0 unspecified atom stereocenters. The van der Waals surface area contributed by atoms with Crippen molar-refractivity contribution in [3.63, 3.8) is 0 Å². The number of hydrogen-bond acceptors (Lipinski definition) is 6. The number of aromatic nitrogens is 1. The van der Waals surface area contributed by atoms with Crippen molar-refractivity contribution in [2.45, 2.75) is 40.3 Å². The highest BCUT2D eigenvalue weighted by Gasteiger charge is 2.33. The minimum atomic E-state index is -0.627. The quantitative estimate of drug-likeness (QED) is 0.163. The predicted octanol–water partition coefficient (Wildman–Crippen LogP) is 6.36. The van der Waals surface area contributed by atoms with Crippen LogP contribution in [0.2, 0.25) is 0 Å². The number of esters is 1. The third-order valence-corrected chi connectivity index (χ3v) is 9.11. The van der Waals surface area contributed by atoms with Crippen LogP contribution in [0.4, 0.5) is 0 Å². The topological polar surface area (TPSA) is 69.9 Å². The number of rotatable bonds is 7. The summed E-state index contributed by atoms with van der Waals surface area (Å²) >= 11 is 7.21. The number of aryl methyl sites for hydroxylation is 2. The van der Waals surface area contributed by atoms with Gasteiger partial charge in [-0.05, 0) is 101 Å². The molecule has 0 aliphatic carbocycles. The number of hydrogen-bond donors (Lipinski definition) is 0. The number of nitrogens with zero attached hydrogens (tertiary/aromatic N) is 2. The van der Waals surface area contributed by atoms with Crippen LogP contribution in [0.25, 0.3) is 6.08 Å². The molecule has 4 aromatic rings. The van der Waals surface area contributed by atoms with Crippen molar-refractivity contribution in [3.8, 4) is 5.75 Å². The van der Waals surface area contributed by atoms with E-state index in [1.807, 2.05) is 49.4 Å². The third-order valence-electron chi connectivity index (χ3n) is 6.73. The lowest BCUT2D eigenvalue weighted by Gasteiger charge is -2.24. The zero-order chi connectivity index (χ0) is 29.3. The highest BCUT2D eigenvalue weighted by molar-refractivity contribution is 14.1. The molecule has 0 fully saturated rings. The zero-order valence-electron chi connectivity index (χ0n) is 23.0. The molecule has 6 nitrogen and oxygen atoms in total. The molecule has 1 aromatic heterocycles. The van der Waals surface area contributed by atoms with Gasteiger partial charge in [0.25, 0.3) is 5.56 Å². The first-order chi connectivity index (χ1) is 19.7. The summed E-state index contributed by atoms with van der Waals surface area (Å²) in [5.41, 5.74) is 5.78. The Morgan fingerprint density at radius 2 is 1.73 bits per heavy atom. The molecule has 1 aliphatic rings. The van der Waals surface area contributed by atoms with Crippen molar-refractivity contribution in [2.75, 3.05) is 6.61 Å². The standard InChI is InChI=1S/C32H28BrIN2O4S/c1-5-39-31(38)27-20(4)35-32-36(28(27)23-12-8-19(3)9-13-23)30(37)26(41-32)16-22-14-24(33)29(25(34)15-22)40-17-21-10-6-18(2)7-11-21/h6-16,28H,5,17H2,1-4H3/b26-16+/t28-/m0/s1. The van der Waals surface area contributed by atoms with Gasteiger partial charge >= 0.3 is 5.97 Å². The van der Waals surface area contributed by atoms with Crippen molar-refractivity contribution in [1.29, 1.82) is 0 Å². The second-order valence-electron chi connectivity index (χ2n) is 9.80. The van der Waals surface area contributed by atoms with Crippen molar-refractivity contribution in [3.05, 3.63) is 127 Å². The monoisotopic (exact) mass is 742 g/mol. The molecule has 3 aromatic carbocycles. The molecule has 1 atom stereocenters. The van der Waals surface area contributed by atoms with E-state index in [0.29, 0.717) is 27.2 Å². The smallest absolute Gasteiger partial charge is 0.338 e. The van der Waals surface area contributed by atoms with Crippen molar-refractivity contribution < 1.29 is 14.3 Å². The fraction of sp³-hybridized carbons (Fsp3) is 0.219. The van der Waals surface area contributed by atoms with Crippen molar-refractivity contribution in [2.24, 2.45) is 4.99 Å². The Kier molecular flexibility index (Phi) is 8.96. The van der Waals surface area contributed by atoms with Crippen LogP contribution in [0, 0.1) is 17.4 Å². The molecule has 41 heavy (non-hydrogen) atoms. The lowest BCUT2D eigenvalue weighted by atomic mass is 9.95. The Bertz CT molecular complexity index is 1820. The van der Waals surface area contributed by atoms with Gasteiger partial charge in [-0.15, -0.1) is 0 Å². The van der Waals surface area contributed by atoms with Crippen LogP contribution in [0.1, 0.15) is 47.7 Å². The van der Waals surface area contributed by atoms with Gasteiger partial charge in [0.15, 0.2) is 4.80 Å². The minimum Gasteiger partial charge on any atom is -0.487 e. The van der Waals surface area contributed by atoms with Crippen LogP contribution in [-0.2, 0) is 16.1 Å². The first-order valence-corrected chi connectivity index (χ1v) is 15.8. The van der Waals surface area contributed by atoms with Crippen LogP contribution in [0.3, 0.4) is 0 Å². The maximum absolute atomic E-state index is 13.9. The molecule has 0 N–H and O–H groups in total. The van der Waals surface area contributed by atoms with Gasteiger partial charge in [0, 0.05) is 0 Å². The number of ether oxygens (including phenoxy) is 2. The lowest BCUT2D eigenvalue weighted by Crippen LogP contribution is -2.39. The SMILES string of the molecule is CCOC(=O)C1=C(C)N=c2s/c(=C/c3cc(Br)c(OCc4ccc(C)cc4)c(I)c3)c(=O)n2[C@H]1c1ccc(C)cc1. The van der Waals surface area contributed by atoms with E-state index < -0.39 is 12.0 Å². The predicted molar refractivity (Wildman–Crippen MR) is 174 cm³/mol. The van der Waals surface area contributed by atoms with E-state index >= 15 is 0 Å². The number of carbonyl (C=O) groups is 1. The molecular weight excluding hydrogens is 715 g/mol. The van der Waals surface area contributed by atoms with Gasteiger partial charge < -0.3 is 9.47 Å². The van der Waals surface area contributed by atoms with E-state index in [1.54, 1.807) is 18.4 Å². The fourth-order valence-corrected chi connectivity index (χ4v) is 7.46. The van der Waals surface area contributed by atoms with Crippen molar-refractivity contribution >= 4 is 61.9 Å². The van der Waals surface area contributed by atoms with Crippen LogP contribution in [0.5, 0.6) is 5.75 Å². The number of halogens is 2. The molecule has 2 heterocycles. The van der Waals surface area contributed by atoms with E-state index in [2.05, 4.69) is 74.7 Å². The Balaban J connectivity index is 1.54. The second kappa shape index (κ2) is 12.5. The Hall–Kier alpha value is -3.02. The van der Waals surface area contributed by atoms with Crippen LogP contribution in [-0.4, -0.2) is 17.1 Å². The first kappa shape index (κ1) is 29.5. The van der Waals surface area contributed by atoms with E-state index in [9.17, 15) is 9.59 Å². The Morgan fingerprint density at radius 1 is 1.07 bits per heavy atom. The normalized spacial score (nSPS) is 15.0. The average Bonchev–Trinajstić information content (AvgIpc) is 3.23. The average molecular weight is 743 g/mol. The van der Waals surface area contributed by atoms with Gasteiger partial charge in [0.1, 0.15) is 12.4 Å². The minimum absolute atomic E-state index is 0.209. The van der Waals surface area contributed by atoms with Crippen LogP contribution < -0.4 is 19.6 Å². The molecule has 0 radical (unpaired) electrons. The molecule has 0 bridgehead atoms. The summed E-state index contributed by atoms with van der Waals surface area (Å²) in [5.74, 6) is 0.284. The van der Waals surface area contributed by atoms with Gasteiger partial charge in [-0.25, -0.2) is 9.79 Å². The van der Waals surface area contributed by atoms with Gasteiger partial charge in [0.05, 0.1) is 36.5 Å². The molecule has 0 amide bonds. The summed E-state index contributed by atoms with van der Waals surface area (Å²) in [7, 11) is 0. The summed E-state index contributed by atoms with van der Waals surface area (Å²) in [6.07, 6.45) is 1.86. The number of thiazole rings is 1. The molecule has 210 valence electrons. The summed E-state index contributed by atoms with van der Waals surface area (Å²) in [6, 6.07) is 19.4. The number of carbonyl (C=O) groups excluding carboxylic acids is 1. The van der Waals surface area contributed by atoms with Crippen LogP contribution in [0.15, 0.2) is 86.2 Å². The van der Waals surface area contributed by atoms with Gasteiger partial charge in [-0.1, -0.05) is 71.0 Å². The number of fused-ring (bicyclic) bond motifs is 1. The Labute approximate surface area is 264 Å². The van der Waals surface area contributed by atoms with E-state index in [-0.39, 0.29) is 12.2 Å². The highest BCUT2D eigenvalue weighted by atomic mass is 127. The summed E-state index contributed by atoms with van der Waals surface area (Å²) in [6.45, 7) is 8.30. The second-order valence-corrected chi connectivity index (χ2v) is 12.8. The molecular formula is C32H28BrIN2O4S. The van der Waals surface area contributed by atoms with Gasteiger partial charge in [0.2, 0.25) is 0 Å². The molecule has 0 saturated carbocycles. The molecule has 0 saturated heterocycles. The molecule has 9 heteroatoms. The van der Waals surface area contributed by atoms with E-state index in [1.165, 1.54) is 16.9 Å². The largest absolute Gasteiger partial charge is 0.487 e. The van der Waals surface area contributed by atoms with Gasteiger partial charge in [-0.2, -0.15) is 0 Å². The summed E-state index contributed by atoms with van der Waals surface area (Å²) < 4.78 is 15.4. The van der Waals surface area contributed by atoms with Gasteiger partial charge in [-0.3, -0.25) is 9.36 Å². The Morgan fingerprint density at radius 3 is 2.37 bits per heavy atom. The summed E-state index contributed by atoms with van der Waals surface area (Å²) in [4.78, 5) is 32.2. The molecule has 0 spiro atoms.